The van der Waals surface area contributed by atoms with Crippen molar-refractivity contribution in [2.75, 3.05) is 13.6 Å². The molecule has 1 aromatic rings. The van der Waals surface area contributed by atoms with E-state index in [1.54, 1.807) is 20.9 Å². The SMILES string of the molecule is CCCN(C)C(=O)c1cc(C(=O)O)cc(C(=O)OC(C)C)c1. The normalized spacial score (nSPS) is 10.4. The Morgan fingerprint density at radius 3 is 2.18 bits per heavy atom. The molecule has 0 saturated carbocycles. The molecule has 0 aliphatic carbocycles. The van der Waals surface area contributed by atoms with Crippen LogP contribution in [0, 0.1) is 0 Å². The lowest BCUT2D eigenvalue weighted by atomic mass is 10.0. The highest BCUT2D eigenvalue weighted by Crippen LogP contribution is 2.15. The monoisotopic (exact) mass is 307 g/mol. The molecule has 0 aliphatic rings. The van der Waals surface area contributed by atoms with Crippen LogP contribution in [0.25, 0.3) is 0 Å². The van der Waals surface area contributed by atoms with Crippen molar-refractivity contribution in [3.63, 3.8) is 0 Å². The molecule has 0 fully saturated rings. The summed E-state index contributed by atoms with van der Waals surface area (Å²) in [6, 6.07) is 3.85. The van der Waals surface area contributed by atoms with Crippen LogP contribution in [0.5, 0.6) is 0 Å². The summed E-state index contributed by atoms with van der Waals surface area (Å²) in [6.45, 7) is 5.87. The van der Waals surface area contributed by atoms with Gasteiger partial charge in [0.25, 0.3) is 5.91 Å². The first-order valence-electron chi connectivity index (χ1n) is 7.11. The van der Waals surface area contributed by atoms with E-state index < -0.39 is 11.9 Å². The number of carbonyl (C=O) groups is 3. The number of carboxylic acids is 1. The third kappa shape index (κ3) is 4.58. The zero-order valence-corrected chi connectivity index (χ0v) is 13.3. The van der Waals surface area contributed by atoms with Gasteiger partial charge in [0.15, 0.2) is 0 Å². The Kier molecular flexibility index (Phi) is 6.10. The molecule has 0 aromatic heterocycles. The van der Waals surface area contributed by atoms with E-state index in [1.807, 2.05) is 6.92 Å². The molecule has 0 atom stereocenters. The van der Waals surface area contributed by atoms with Gasteiger partial charge in [-0.15, -0.1) is 0 Å². The lowest BCUT2D eigenvalue weighted by molar-refractivity contribution is 0.0378. The Balaban J connectivity index is 3.22. The first-order chi connectivity index (χ1) is 10.3. The number of carbonyl (C=O) groups excluding carboxylic acids is 2. The number of hydrogen-bond acceptors (Lipinski definition) is 4. The van der Waals surface area contributed by atoms with E-state index >= 15 is 0 Å². The molecule has 1 N–H and O–H groups in total. The van der Waals surface area contributed by atoms with Crippen LogP contribution in [-0.4, -0.2) is 47.5 Å². The number of esters is 1. The molecule has 22 heavy (non-hydrogen) atoms. The highest BCUT2D eigenvalue weighted by molar-refractivity contribution is 6.01. The summed E-state index contributed by atoms with van der Waals surface area (Å²) >= 11 is 0. The summed E-state index contributed by atoms with van der Waals surface area (Å²) in [5, 5.41) is 9.14. The first kappa shape index (κ1) is 17.7. The topological polar surface area (TPSA) is 83.9 Å². The number of nitrogens with zero attached hydrogens (tertiary/aromatic N) is 1. The van der Waals surface area contributed by atoms with Gasteiger partial charge in [-0.1, -0.05) is 6.92 Å². The van der Waals surface area contributed by atoms with Crippen LogP contribution >= 0.6 is 0 Å². The Morgan fingerprint density at radius 1 is 1.14 bits per heavy atom. The Morgan fingerprint density at radius 2 is 1.68 bits per heavy atom. The summed E-state index contributed by atoms with van der Waals surface area (Å²) in [6.07, 6.45) is 0.450. The van der Waals surface area contributed by atoms with Gasteiger partial charge in [-0.05, 0) is 38.5 Å². The van der Waals surface area contributed by atoms with Crippen LogP contribution in [0.3, 0.4) is 0 Å². The second kappa shape index (κ2) is 7.59. The molecule has 0 saturated heterocycles. The van der Waals surface area contributed by atoms with Crippen molar-refractivity contribution in [2.45, 2.75) is 33.3 Å². The lowest BCUT2D eigenvalue weighted by Gasteiger charge is -2.17. The van der Waals surface area contributed by atoms with Crippen molar-refractivity contribution in [1.82, 2.24) is 4.90 Å². The van der Waals surface area contributed by atoms with Gasteiger partial charge >= 0.3 is 11.9 Å². The molecule has 0 aliphatic heterocycles. The van der Waals surface area contributed by atoms with Crippen molar-refractivity contribution >= 4 is 17.8 Å². The molecule has 1 rings (SSSR count). The maximum Gasteiger partial charge on any atom is 0.338 e. The molecule has 0 bridgehead atoms. The van der Waals surface area contributed by atoms with Crippen molar-refractivity contribution in [2.24, 2.45) is 0 Å². The molecule has 6 heteroatoms. The molecule has 0 unspecified atom stereocenters. The van der Waals surface area contributed by atoms with Gasteiger partial charge in [0.1, 0.15) is 0 Å². The molecule has 6 nitrogen and oxygen atoms in total. The predicted molar refractivity (Wildman–Crippen MR) is 81.2 cm³/mol. The van der Waals surface area contributed by atoms with Crippen LogP contribution in [0.4, 0.5) is 0 Å². The Labute approximate surface area is 129 Å². The third-order valence-electron chi connectivity index (χ3n) is 2.91. The summed E-state index contributed by atoms with van der Waals surface area (Å²) < 4.78 is 5.06. The van der Waals surface area contributed by atoms with Crippen LogP contribution < -0.4 is 0 Å². The number of aromatic carboxylic acids is 1. The van der Waals surface area contributed by atoms with Crippen LogP contribution in [0.15, 0.2) is 18.2 Å². The molecule has 1 aromatic carbocycles. The average molecular weight is 307 g/mol. The number of hydrogen-bond donors (Lipinski definition) is 1. The molecular weight excluding hydrogens is 286 g/mol. The summed E-state index contributed by atoms with van der Waals surface area (Å²) in [4.78, 5) is 36.9. The molecule has 0 heterocycles. The quantitative estimate of drug-likeness (QED) is 0.816. The van der Waals surface area contributed by atoms with E-state index in [1.165, 1.54) is 23.1 Å². The van der Waals surface area contributed by atoms with Crippen molar-refractivity contribution in [1.29, 1.82) is 0 Å². The zero-order chi connectivity index (χ0) is 16.9. The van der Waals surface area contributed by atoms with Gasteiger partial charge in [0, 0.05) is 19.2 Å². The maximum absolute atomic E-state index is 12.3. The van der Waals surface area contributed by atoms with Gasteiger partial charge < -0.3 is 14.7 Å². The second-order valence-corrected chi connectivity index (χ2v) is 5.28. The van der Waals surface area contributed by atoms with E-state index in [4.69, 9.17) is 9.84 Å². The number of ether oxygens (including phenoxy) is 1. The average Bonchev–Trinajstić information content (AvgIpc) is 2.45. The Bertz CT molecular complexity index is 580. The van der Waals surface area contributed by atoms with E-state index in [0.717, 1.165) is 6.42 Å². The third-order valence-corrected chi connectivity index (χ3v) is 2.91. The van der Waals surface area contributed by atoms with Crippen molar-refractivity contribution in [3.05, 3.63) is 34.9 Å². The highest BCUT2D eigenvalue weighted by Gasteiger charge is 2.19. The van der Waals surface area contributed by atoms with Gasteiger partial charge in [-0.2, -0.15) is 0 Å². The summed E-state index contributed by atoms with van der Waals surface area (Å²) in [5.41, 5.74) is 0.0971. The molecule has 0 radical (unpaired) electrons. The first-order valence-corrected chi connectivity index (χ1v) is 7.11. The van der Waals surface area contributed by atoms with E-state index in [9.17, 15) is 14.4 Å². The fraction of sp³-hybridized carbons (Fsp3) is 0.438. The number of carboxylic acid groups (broad SMARTS) is 1. The number of amides is 1. The molecular formula is C16H21NO5. The van der Waals surface area contributed by atoms with E-state index in [-0.39, 0.29) is 28.7 Å². The zero-order valence-electron chi connectivity index (χ0n) is 13.3. The van der Waals surface area contributed by atoms with Gasteiger partial charge in [0.05, 0.1) is 17.2 Å². The van der Waals surface area contributed by atoms with Crippen molar-refractivity contribution < 1.29 is 24.2 Å². The molecule has 0 spiro atoms. The van der Waals surface area contributed by atoms with Gasteiger partial charge in [-0.25, -0.2) is 9.59 Å². The number of benzene rings is 1. The fourth-order valence-electron chi connectivity index (χ4n) is 1.93. The number of rotatable bonds is 6. The van der Waals surface area contributed by atoms with E-state index in [2.05, 4.69) is 0 Å². The van der Waals surface area contributed by atoms with Crippen molar-refractivity contribution in [3.8, 4) is 0 Å². The largest absolute Gasteiger partial charge is 0.478 e. The fourth-order valence-corrected chi connectivity index (χ4v) is 1.93. The van der Waals surface area contributed by atoms with Crippen LogP contribution in [0.1, 0.15) is 58.3 Å². The Hall–Kier alpha value is -2.37. The molecule has 120 valence electrons. The predicted octanol–water partition coefficient (Wildman–Crippen LogP) is 2.43. The van der Waals surface area contributed by atoms with Gasteiger partial charge in [0.2, 0.25) is 0 Å². The minimum atomic E-state index is -1.20. The minimum Gasteiger partial charge on any atom is -0.478 e. The van der Waals surface area contributed by atoms with Crippen LogP contribution in [0.2, 0.25) is 0 Å². The second-order valence-electron chi connectivity index (χ2n) is 5.28. The van der Waals surface area contributed by atoms with Crippen LogP contribution in [-0.2, 0) is 4.74 Å². The minimum absolute atomic E-state index is 0.0573. The van der Waals surface area contributed by atoms with E-state index in [0.29, 0.717) is 6.54 Å². The standard InChI is InChI=1S/C16H21NO5/c1-5-6-17(4)14(18)11-7-12(15(19)20)9-13(8-11)16(21)22-10(2)3/h7-10H,5-6H2,1-4H3,(H,19,20). The van der Waals surface area contributed by atoms with Gasteiger partial charge in [-0.3, -0.25) is 4.79 Å². The lowest BCUT2D eigenvalue weighted by Crippen LogP contribution is -2.28. The highest BCUT2D eigenvalue weighted by atomic mass is 16.5. The summed E-state index contributed by atoms with van der Waals surface area (Å²) in [7, 11) is 1.63. The smallest absolute Gasteiger partial charge is 0.338 e. The summed E-state index contributed by atoms with van der Waals surface area (Å²) in [5.74, 6) is -2.18. The molecule has 1 amide bonds. The maximum atomic E-state index is 12.3.